The minimum atomic E-state index is -4.61. The first-order valence-corrected chi connectivity index (χ1v) is 11.3. The van der Waals surface area contributed by atoms with E-state index in [1.807, 2.05) is 0 Å². The second kappa shape index (κ2) is 8.41. The first kappa shape index (κ1) is 22.4. The summed E-state index contributed by atoms with van der Waals surface area (Å²) in [5.74, 6) is -0.311. The Morgan fingerprint density at radius 2 is 2.00 bits per heavy atom. The van der Waals surface area contributed by atoms with Gasteiger partial charge in [0.1, 0.15) is 11.4 Å². The van der Waals surface area contributed by atoms with Crippen molar-refractivity contribution in [2.45, 2.75) is 68.8 Å². The van der Waals surface area contributed by atoms with E-state index in [1.54, 1.807) is 4.90 Å². The zero-order chi connectivity index (χ0) is 23.2. The highest BCUT2D eigenvalue weighted by molar-refractivity contribution is 5.71. The van der Waals surface area contributed by atoms with Crippen molar-refractivity contribution in [3.63, 3.8) is 0 Å². The van der Waals surface area contributed by atoms with Crippen molar-refractivity contribution in [1.29, 1.82) is 0 Å². The molecule has 12 heteroatoms. The number of nitrogens with two attached hydrogens (primary N) is 1. The molecule has 33 heavy (non-hydrogen) atoms. The van der Waals surface area contributed by atoms with Crippen molar-refractivity contribution in [1.82, 2.24) is 20.5 Å². The SMILES string of the molecule is Nc1cc(C(F)(F)F)c2nc1-c1nnc(o1)C(O)(C1COCN1)CCCCC[C@@H]1CCCN21. The summed E-state index contributed by atoms with van der Waals surface area (Å²) in [6.45, 7) is 1.06. The molecule has 2 saturated heterocycles. The highest BCUT2D eigenvalue weighted by Crippen LogP contribution is 2.43. The van der Waals surface area contributed by atoms with E-state index in [0.717, 1.165) is 38.2 Å². The van der Waals surface area contributed by atoms with E-state index in [2.05, 4.69) is 20.5 Å². The fourth-order valence-corrected chi connectivity index (χ4v) is 5.11. The number of fused-ring (bicyclic) bond motifs is 7. The number of aromatic nitrogens is 3. The molecule has 5 heterocycles. The second-order valence-electron chi connectivity index (χ2n) is 8.99. The van der Waals surface area contributed by atoms with Crippen LogP contribution in [0.4, 0.5) is 24.7 Å². The van der Waals surface area contributed by atoms with E-state index in [1.165, 1.54) is 0 Å². The Kier molecular flexibility index (Phi) is 5.69. The summed E-state index contributed by atoms with van der Waals surface area (Å²) >= 11 is 0. The highest BCUT2D eigenvalue weighted by atomic mass is 19.4. The van der Waals surface area contributed by atoms with E-state index in [0.29, 0.717) is 26.1 Å². The molecule has 4 bridgehead atoms. The Hall–Kier alpha value is -2.44. The van der Waals surface area contributed by atoms with Crippen LogP contribution in [0.1, 0.15) is 56.4 Å². The average molecular weight is 468 g/mol. The van der Waals surface area contributed by atoms with Crippen LogP contribution in [0.25, 0.3) is 11.6 Å². The molecule has 2 fully saturated rings. The highest BCUT2D eigenvalue weighted by Gasteiger charge is 2.45. The van der Waals surface area contributed by atoms with Gasteiger partial charge < -0.3 is 24.9 Å². The first-order valence-electron chi connectivity index (χ1n) is 11.3. The third-order valence-electron chi connectivity index (χ3n) is 6.87. The van der Waals surface area contributed by atoms with Gasteiger partial charge in [-0.1, -0.05) is 12.8 Å². The maximum Gasteiger partial charge on any atom is 0.420 e. The fraction of sp³-hybridized carbons (Fsp3) is 0.667. The number of nitrogen functional groups attached to an aromatic ring is 1. The van der Waals surface area contributed by atoms with E-state index < -0.39 is 23.4 Å². The Morgan fingerprint density at radius 1 is 1.18 bits per heavy atom. The number of halogens is 3. The summed E-state index contributed by atoms with van der Waals surface area (Å²) < 4.78 is 52.9. The summed E-state index contributed by atoms with van der Waals surface area (Å²) in [7, 11) is 0. The number of nitrogens with zero attached hydrogens (tertiary/aromatic N) is 4. The molecule has 0 radical (unpaired) electrons. The Balaban J connectivity index is 1.63. The van der Waals surface area contributed by atoms with E-state index in [4.69, 9.17) is 14.9 Å². The minimum absolute atomic E-state index is 0.0163. The predicted molar refractivity (Wildman–Crippen MR) is 112 cm³/mol. The number of alkyl halides is 3. The maximum atomic E-state index is 13.9. The van der Waals surface area contributed by atoms with E-state index in [-0.39, 0.29) is 41.6 Å². The number of ether oxygens (including phenoxy) is 1. The molecule has 3 atom stereocenters. The van der Waals surface area contributed by atoms with Crippen LogP contribution in [0.3, 0.4) is 0 Å². The molecule has 4 N–H and O–H groups in total. The number of anilines is 2. The molecule has 180 valence electrons. The average Bonchev–Trinajstić information content (AvgIpc) is 3.53. The molecule has 3 aliphatic heterocycles. The Labute approximate surface area is 188 Å². The third-order valence-corrected chi connectivity index (χ3v) is 6.87. The molecule has 9 nitrogen and oxygen atoms in total. The van der Waals surface area contributed by atoms with Crippen LogP contribution >= 0.6 is 0 Å². The van der Waals surface area contributed by atoms with Gasteiger partial charge in [-0.2, -0.15) is 13.2 Å². The summed E-state index contributed by atoms with van der Waals surface area (Å²) in [5.41, 5.74) is 3.42. The molecule has 0 aromatic carbocycles. The van der Waals surface area contributed by atoms with Gasteiger partial charge in [-0.15, -0.1) is 10.2 Å². The van der Waals surface area contributed by atoms with Gasteiger partial charge in [0.15, 0.2) is 11.3 Å². The van der Waals surface area contributed by atoms with Gasteiger partial charge in [-0.05, 0) is 38.2 Å². The van der Waals surface area contributed by atoms with Crippen LogP contribution < -0.4 is 16.0 Å². The predicted octanol–water partition coefficient (Wildman–Crippen LogP) is 2.80. The summed E-state index contributed by atoms with van der Waals surface area (Å²) in [5, 5.41) is 22.7. The van der Waals surface area contributed by atoms with Crippen LogP contribution in [-0.4, -0.2) is 52.3 Å². The lowest BCUT2D eigenvalue weighted by molar-refractivity contribution is -0.137. The number of aliphatic hydroxyl groups is 1. The maximum absolute atomic E-state index is 13.9. The number of rotatable bonds is 1. The number of hydrogen-bond donors (Lipinski definition) is 3. The van der Waals surface area contributed by atoms with Crippen molar-refractivity contribution in [2.75, 3.05) is 30.5 Å². The van der Waals surface area contributed by atoms with Gasteiger partial charge in [-0.25, -0.2) is 4.98 Å². The van der Waals surface area contributed by atoms with Gasteiger partial charge >= 0.3 is 6.18 Å². The first-order chi connectivity index (χ1) is 15.8. The fourth-order valence-electron chi connectivity index (χ4n) is 5.11. The molecule has 5 rings (SSSR count). The number of pyridine rings is 1. The lowest BCUT2D eigenvalue weighted by Crippen LogP contribution is -2.47. The molecular formula is C21H27F3N6O3. The summed E-state index contributed by atoms with van der Waals surface area (Å²) in [6.07, 6.45) is 0.446. The summed E-state index contributed by atoms with van der Waals surface area (Å²) in [4.78, 5) is 6.06. The molecule has 0 spiro atoms. The molecule has 2 aromatic heterocycles. The molecule has 0 amide bonds. The molecule has 0 saturated carbocycles. The lowest BCUT2D eigenvalue weighted by Gasteiger charge is -2.31. The smallest absolute Gasteiger partial charge is 0.416 e. The van der Waals surface area contributed by atoms with Crippen LogP contribution in [-0.2, 0) is 16.5 Å². The van der Waals surface area contributed by atoms with Gasteiger partial charge in [0.05, 0.1) is 25.1 Å². The van der Waals surface area contributed by atoms with Crippen molar-refractivity contribution in [3.8, 4) is 11.6 Å². The van der Waals surface area contributed by atoms with Crippen molar-refractivity contribution in [3.05, 3.63) is 17.5 Å². The van der Waals surface area contributed by atoms with Gasteiger partial charge in [0, 0.05) is 12.6 Å². The lowest BCUT2D eigenvalue weighted by atomic mass is 9.88. The standard InChI is InChI=1S/C21H27F3N6O3/c22-21(23,24)13-9-14(25)16-18-28-29-19(33-18)20(31,15-10-32-11-26-15)7-3-1-2-5-12-6-4-8-30(12)17(13)27-16/h9,12,15,26,31H,1-8,10-11,25H2/t12-,15?,20?/m1/s1. The molecule has 2 unspecified atom stereocenters. The second-order valence-corrected chi connectivity index (χ2v) is 8.99. The third kappa shape index (κ3) is 4.04. The Bertz CT molecular complexity index is 1010. The topological polar surface area (TPSA) is 123 Å². The quantitative estimate of drug-likeness (QED) is 0.580. The normalized spacial score (nSPS) is 28.5. The van der Waals surface area contributed by atoms with Crippen LogP contribution in [0.5, 0.6) is 0 Å². The van der Waals surface area contributed by atoms with E-state index >= 15 is 0 Å². The zero-order valence-corrected chi connectivity index (χ0v) is 18.1. The molecule has 0 aliphatic carbocycles. The largest absolute Gasteiger partial charge is 0.420 e. The summed E-state index contributed by atoms with van der Waals surface area (Å²) in [6, 6.07) is 0.402. The van der Waals surface area contributed by atoms with Crippen LogP contribution in [0.15, 0.2) is 10.5 Å². The van der Waals surface area contributed by atoms with Crippen LogP contribution in [0.2, 0.25) is 0 Å². The van der Waals surface area contributed by atoms with Crippen molar-refractivity contribution >= 4 is 11.5 Å². The van der Waals surface area contributed by atoms with Gasteiger partial charge in [0.25, 0.3) is 5.89 Å². The molecule has 3 aliphatic rings. The number of hydrogen-bond acceptors (Lipinski definition) is 9. The molecular weight excluding hydrogens is 441 g/mol. The Morgan fingerprint density at radius 3 is 2.76 bits per heavy atom. The monoisotopic (exact) mass is 468 g/mol. The van der Waals surface area contributed by atoms with Crippen LogP contribution in [0, 0.1) is 0 Å². The molecule has 2 aromatic rings. The zero-order valence-electron chi connectivity index (χ0n) is 18.1. The van der Waals surface area contributed by atoms with Crippen molar-refractivity contribution < 1.29 is 27.4 Å². The minimum Gasteiger partial charge on any atom is -0.416 e. The van der Waals surface area contributed by atoms with Gasteiger partial charge in [0.2, 0.25) is 5.89 Å². The van der Waals surface area contributed by atoms with Crippen molar-refractivity contribution in [2.24, 2.45) is 0 Å². The van der Waals surface area contributed by atoms with E-state index in [9.17, 15) is 18.3 Å². The van der Waals surface area contributed by atoms with Gasteiger partial charge in [-0.3, -0.25) is 5.32 Å². The number of nitrogens with one attached hydrogen (secondary N) is 1.